The molecule has 86 valence electrons. The van der Waals surface area contributed by atoms with Gasteiger partial charge in [0.1, 0.15) is 6.07 Å². The standard InChI is InChI=1S/C13H18N2O/c1-9-11(8-16-13(2,3)4)6-5-10(7-14)12(9)15/h5-6H,8,15H2,1-4H3. The summed E-state index contributed by atoms with van der Waals surface area (Å²) in [5.41, 5.74) is 8.73. The fourth-order valence-corrected chi connectivity index (χ4v) is 1.32. The summed E-state index contributed by atoms with van der Waals surface area (Å²) in [4.78, 5) is 0. The van der Waals surface area contributed by atoms with Crippen molar-refractivity contribution in [2.45, 2.75) is 39.9 Å². The third-order valence-electron chi connectivity index (χ3n) is 2.41. The number of nitrogens with zero attached hydrogens (tertiary/aromatic N) is 1. The lowest BCUT2D eigenvalue weighted by Gasteiger charge is -2.20. The Kier molecular flexibility index (Phi) is 3.56. The smallest absolute Gasteiger partial charge is 0.101 e. The first kappa shape index (κ1) is 12.5. The van der Waals surface area contributed by atoms with Crippen LogP contribution < -0.4 is 5.73 Å². The lowest BCUT2D eigenvalue weighted by atomic mass is 10.0. The van der Waals surface area contributed by atoms with E-state index in [0.29, 0.717) is 17.9 Å². The average Bonchev–Trinajstić information content (AvgIpc) is 2.19. The maximum Gasteiger partial charge on any atom is 0.101 e. The highest BCUT2D eigenvalue weighted by molar-refractivity contribution is 5.61. The molecule has 0 unspecified atom stereocenters. The lowest BCUT2D eigenvalue weighted by Crippen LogP contribution is -2.19. The SMILES string of the molecule is Cc1c(COC(C)(C)C)ccc(C#N)c1N. The van der Waals surface area contributed by atoms with Crippen LogP contribution in [0, 0.1) is 18.3 Å². The Hall–Kier alpha value is -1.53. The zero-order valence-electron chi connectivity index (χ0n) is 10.3. The molecular weight excluding hydrogens is 200 g/mol. The van der Waals surface area contributed by atoms with Gasteiger partial charge in [-0.3, -0.25) is 0 Å². The highest BCUT2D eigenvalue weighted by Gasteiger charge is 2.12. The third-order valence-corrected chi connectivity index (χ3v) is 2.41. The van der Waals surface area contributed by atoms with Gasteiger partial charge in [0.05, 0.1) is 23.5 Å². The number of rotatable bonds is 2. The number of nitrogen functional groups attached to an aromatic ring is 1. The Bertz CT molecular complexity index is 425. The van der Waals surface area contributed by atoms with E-state index in [-0.39, 0.29) is 5.60 Å². The molecule has 0 aliphatic carbocycles. The van der Waals surface area contributed by atoms with Gasteiger partial charge >= 0.3 is 0 Å². The molecular formula is C13H18N2O. The van der Waals surface area contributed by atoms with Gasteiger partial charge in [-0.05, 0) is 44.9 Å². The van der Waals surface area contributed by atoms with Crippen molar-refractivity contribution >= 4 is 5.69 Å². The number of nitrogens with two attached hydrogens (primary N) is 1. The van der Waals surface area contributed by atoms with Crippen LogP contribution in [-0.4, -0.2) is 5.60 Å². The monoisotopic (exact) mass is 218 g/mol. The molecule has 0 fully saturated rings. The topological polar surface area (TPSA) is 59.0 Å². The van der Waals surface area contributed by atoms with E-state index in [1.807, 2.05) is 33.8 Å². The molecule has 3 heteroatoms. The normalized spacial score (nSPS) is 11.2. The molecule has 0 aromatic heterocycles. The molecule has 2 N–H and O–H groups in total. The van der Waals surface area contributed by atoms with E-state index >= 15 is 0 Å². The predicted octanol–water partition coefficient (Wildman–Crippen LogP) is 2.76. The summed E-state index contributed by atoms with van der Waals surface area (Å²) >= 11 is 0. The van der Waals surface area contributed by atoms with Crippen LogP contribution in [0.3, 0.4) is 0 Å². The van der Waals surface area contributed by atoms with Crippen molar-refractivity contribution in [3.05, 3.63) is 28.8 Å². The van der Waals surface area contributed by atoms with Crippen molar-refractivity contribution in [3.8, 4) is 6.07 Å². The van der Waals surface area contributed by atoms with Crippen molar-refractivity contribution in [3.63, 3.8) is 0 Å². The van der Waals surface area contributed by atoms with Gasteiger partial charge in [-0.25, -0.2) is 0 Å². The van der Waals surface area contributed by atoms with Gasteiger partial charge in [-0.15, -0.1) is 0 Å². The predicted molar refractivity (Wildman–Crippen MR) is 64.8 cm³/mol. The number of nitriles is 1. The lowest BCUT2D eigenvalue weighted by molar-refractivity contribution is -0.0151. The Labute approximate surface area is 96.8 Å². The largest absolute Gasteiger partial charge is 0.397 e. The number of anilines is 1. The first-order valence-electron chi connectivity index (χ1n) is 5.27. The van der Waals surface area contributed by atoms with Crippen LogP contribution >= 0.6 is 0 Å². The minimum atomic E-state index is -0.172. The molecule has 16 heavy (non-hydrogen) atoms. The van der Waals surface area contributed by atoms with E-state index in [0.717, 1.165) is 11.1 Å². The Morgan fingerprint density at radius 1 is 1.38 bits per heavy atom. The van der Waals surface area contributed by atoms with Crippen LogP contribution in [0.1, 0.15) is 37.5 Å². The van der Waals surface area contributed by atoms with E-state index in [2.05, 4.69) is 6.07 Å². The zero-order valence-corrected chi connectivity index (χ0v) is 10.3. The molecule has 0 radical (unpaired) electrons. The molecule has 0 heterocycles. The quantitative estimate of drug-likeness (QED) is 0.776. The van der Waals surface area contributed by atoms with Gasteiger partial charge in [0, 0.05) is 0 Å². The molecule has 1 aromatic rings. The summed E-state index contributed by atoms with van der Waals surface area (Å²) in [6.07, 6.45) is 0. The van der Waals surface area contributed by atoms with Crippen molar-refractivity contribution in [1.82, 2.24) is 0 Å². The summed E-state index contributed by atoms with van der Waals surface area (Å²) in [6, 6.07) is 5.71. The van der Waals surface area contributed by atoms with Crippen molar-refractivity contribution in [2.24, 2.45) is 0 Å². The fraction of sp³-hybridized carbons (Fsp3) is 0.462. The van der Waals surface area contributed by atoms with E-state index in [9.17, 15) is 0 Å². The summed E-state index contributed by atoms with van der Waals surface area (Å²) in [5, 5.41) is 8.83. The third kappa shape index (κ3) is 2.98. The second kappa shape index (κ2) is 4.54. The Morgan fingerprint density at radius 2 is 2.00 bits per heavy atom. The van der Waals surface area contributed by atoms with Gasteiger partial charge < -0.3 is 10.5 Å². The van der Waals surface area contributed by atoms with E-state index in [4.69, 9.17) is 15.7 Å². The molecule has 0 saturated heterocycles. The van der Waals surface area contributed by atoms with Gasteiger partial charge in [0.25, 0.3) is 0 Å². The molecule has 0 amide bonds. The summed E-state index contributed by atoms with van der Waals surface area (Å²) in [6.45, 7) is 8.46. The number of benzene rings is 1. The summed E-state index contributed by atoms with van der Waals surface area (Å²) in [5.74, 6) is 0. The summed E-state index contributed by atoms with van der Waals surface area (Å²) in [7, 11) is 0. The van der Waals surface area contributed by atoms with Crippen LogP contribution in [0.2, 0.25) is 0 Å². The molecule has 0 aliphatic heterocycles. The van der Waals surface area contributed by atoms with E-state index in [1.54, 1.807) is 6.07 Å². The molecule has 3 nitrogen and oxygen atoms in total. The van der Waals surface area contributed by atoms with Gasteiger partial charge in [-0.2, -0.15) is 5.26 Å². The molecule has 0 aliphatic rings. The Morgan fingerprint density at radius 3 is 2.50 bits per heavy atom. The number of hydrogen-bond acceptors (Lipinski definition) is 3. The Balaban J connectivity index is 2.92. The highest BCUT2D eigenvalue weighted by atomic mass is 16.5. The maximum absolute atomic E-state index is 8.83. The highest BCUT2D eigenvalue weighted by Crippen LogP contribution is 2.22. The maximum atomic E-state index is 8.83. The number of ether oxygens (including phenoxy) is 1. The first-order chi connectivity index (χ1) is 7.35. The van der Waals surface area contributed by atoms with Crippen LogP contribution in [-0.2, 0) is 11.3 Å². The van der Waals surface area contributed by atoms with Crippen LogP contribution in [0.5, 0.6) is 0 Å². The first-order valence-corrected chi connectivity index (χ1v) is 5.27. The zero-order chi connectivity index (χ0) is 12.3. The van der Waals surface area contributed by atoms with Gasteiger partial charge in [0.15, 0.2) is 0 Å². The van der Waals surface area contributed by atoms with Crippen molar-refractivity contribution < 1.29 is 4.74 Å². The van der Waals surface area contributed by atoms with Crippen LogP contribution in [0.15, 0.2) is 12.1 Å². The molecule has 0 saturated carbocycles. The number of hydrogen-bond donors (Lipinski definition) is 1. The summed E-state index contributed by atoms with van der Waals surface area (Å²) < 4.78 is 5.69. The van der Waals surface area contributed by atoms with Crippen LogP contribution in [0.4, 0.5) is 5.69 Å². The van der Waals surface area contributed by atoms with Gasteiger partial charge in [-0.1, -0.05) is 6.07 Å². The molecule has 0 bridgehead atoms. The molecule has 1 aromatic carbocycles. The fourth-order valence-electron chi connectivity index (χ4n) is 1.32. The van der Waals surface area contributed by atoms with E-state index < -0.39 is 0 Å². The molecule has 0 atom stereocenters. The second-order valence-electron chi connectivity index (χ2n) is 4.82. The van der Waals surface area contributed by atoms with Crippen molar-refractivity contribution in [1.29, 1.82) is 5.26 Å². The van der Waals surface area contributed by atoms with Crippen LogP contribution in [0.25, 0.3) is 0 Å². The molecule has 0 spiro atoms. The average molecular weight is 218 g/mol. The minimum Gasteiger partial charge on any atom is -0.397 e. The van der Waals surface area contributed by atoms with E-state index in [1.165, 1.54) is 0 Å². The molecule has 1 rings (SSSR count). The van der Waals surface area contributed by atoms with Crippen molar-refractivity contribution in [2.75, 3.05) is 5.73 Å². The minimum absolute atomic E-state index is 0.172. The van der Waals surface area contributed by atoms with Gasteiger partial charge in [0.2, 0.25) is 0 Å². The second-order valence-corrected chi connectivity index (χ2v) is 4.82.